The van der Waals surface area contributed by atoms with E-state index in [1.54, 1.807) is 6.20 Å². The van der Waals surface area contributed by atoms with Crippen LogP contribution in [0, 0.1) is 11.7 Å². The van der Waals surface area contributed by atoms with Gasteiger partial charge >= 0.3 is 0 Å². The Morgan fingerprint density at radius 1 is 1.34 bits per heavy atom. The SMILES string of the molecule is CCNC(=NCC(=O)Nc1ccc(F)cc1)N1CCC(C)C(n2ccnc2)C1.I. The number of guanidine groups is 1. The van der Waals surface area contributed by atoms with Gasteiger partial charge < -0.3 is 20.1 Å². The van der Waals surface area contributed by atoms with Crippen LogP contribution >= 0.6 is 24.0 Å². The zero-order chi connectivity index (χ0) is 19.9. The molecule has 2 atom stereocenters. The molecule has 1 aliphatic rings. The first-order valence-corrected chi connectivity index (χ1v) is 9.63. The molecule has 7 nitrogen and oxygen atoms in total. The van der Waals surface area contributed by atoms with Crippen molar-refractivity contribution in [1.29, 1.82) is 0 Å². The van der Waals surface area contributed by atoms with Crippen LogP contribution < -0.4 is 10.6 Å². The van der Waals surface area contributed by atoms with Gasteiger partial charge in [-0.25, -0.2) is 14.4 Å². The van der Waals surface area contributed by atoms with Crippen LogP contribution in [0.5, 0.6) is 0 Å². The number of aromatic nitrogens is 2. The molecule has 3 rings (SSSR count). The highest BCUT2D eigenvalue weighted by Gasteiger charge is 2.28. The molecule has 29 heavy (non-hydrogen) atoms. The molecule has 2 N–H and O–H groups in total. The van der Waals surface area contributed by atoms with E-state index >= 15 is 0 Å². The van der Waals surface area contributed by atoms with Gasteiger partial charge in [-0.1, -0.05) is 6.92 Å². The Bertz CT molecular complexity index is 796. The molecule has 2 unspecified atom stereocenters. The van der Waals surface area contributed by atoms with Crippen molar-refractivity contribution in [2.45, 2.75) is 26.3 Å². The molecular formula is C20H28FIN6O. The topological polar surface area (TPSA) is 74.6 Å². The van der Waals surface area contributed by atoms with Crippen LogP contribution in [0.4, 0.5) is 10.1 Å². The number of aliphatic imine (C=N–C) groups is 1. The van der Waals surface area contributed by atoms with E-state index in [0.717, 1.165) is 32.0 Å². The van der Waals surface area contributed by atoms with Crippen molar-refractivity contribution in [3.8, 4) is 0 Å². The number of amides is 1. The van der Waals surface area contributed by atoms with E-state index in [4.69, 9.17) is 0 Å². The van der Waals surface area contributed by atoms with Crippen molar-refractivity contribution < 1.29 is 9.18 Å². The monoisotopic (exact) mass is 514 g/mol. The normalized spacial score (nSPS) is 19.4. The van der Waals surface area contributed by atoms with Gasteiger partial charge in [-0.3, -0.25) is 4.79 Å². The van der Waals surface area contributed by atoms with Crippen LogP contribution in [0.25, 0.3) is 0 Å². The van der Waals surface area contributed by atoms with Gasteiger partial charge in [0.05, 0.1) is 12.4 Å². The van der Waals surface area contributed by atoms with Gasteiger partial charge in [-0.2, -0.15) is 0 Å². The van der Waals surface area contributed by atoms with E-state index in [2.05, 4.69) is 37.0 Å². The Hall–Kier alpha value is -2.17. The van der Waals surface area contributed by atoms with Crippen molar-refractivity contribution in [1.82, 2.24) is 19.8 Å². The molecule has 0 radical (unpaired) electrons. The fraction of sp³-hybridized carbons (Fsp3) is 0.450. The molecule has 1 saturated heterocycles. The van der Waals surface area contributed by atoms with Gasteiger partial charge in [0.1, 0.15) is 12.4 Å². The summed E-state index contributed by atoms with van der Waals surface area (Å²) in [5, 5.41) is 6.02. The van der Waals surface area contributed by atoms with Crippen molar-refractivity contribution >= 4 is 41.5 Å². The molecule has 1 aromatic heterocycles. The molecule has 9 heteroatoms. The number of anilines is 1. The van der Waals surface area contributed by atoms with E-state index in [1.165, 1.54) is 24.3 Å². The third-order valence-electron chi connectivity index (χ3n) is 4.96. The first-order chi connectivity index (χ1) is 13.6. The maximum Gasteiger partial charge on any atom is 0.246 e. The summed E-state index contributed by atoms with van der Waals surface area (Å²) in [6, 6.07) is 6.00. The highest BCUT2D eigenvalue weighted by atomic mass is 127. The Morgan fingerprint density at radius 3 is 2.76 bits per heavy atom. The number of nitrogens with zero attached hydrogens (tertiary/aromatic N) is 4. The maximum absolute atomic E-state index is 13.0. The maximum atomic E-state index is 13.0. The Kier molecular flexibility index (Phi) is 8.87. The molecule has 158 valence electrons. The van der Waals surface area contributed by atoms with Gasteiger partial charge in [0.2, 0.25) is 5.91 Å². The zero-order valence-electron chi connectivity index (χ0n) is 16.7. The summed E-state index contributed by atoms with van der Waals surface area (Å²) in [7, 11) is 0. The highest BCUT2D eigenvalue weighted by Crippen LogP contribution is 2.27. The second-order valence-electron chi connectivity index (χ2n) is 7.01. The number of halogens is 2. The van der Waals surface area contributed by atoms with Crippen molar-refractivity contribution in [2.75, 3.05) is 31.5 Å². The Balaban J connectivity index is 0.00000300. The molecule has 0 spiro atoms. The fourth-order valence-corrected chi connectivity index (χ4v) is 3.40. The fourth-order valence-electron chi connectivity index (χ4n) is 3.40. The second-order valence-corrected chi connectivity index (χ2v) is 7.01. The number of carbonyl (C=O) groups is 1. The van der Waals surface area contributed by atoms with Crippen LogP contribution in [0.3, 0.4) is 0 Å². The van der Waals surface area contributed by atoms with Crippen molar-refractivity contribution in [3.05, 3.63) is 48.8 Å². The van der Waals surface area contributed by atoms with Crippen LogP contribution in [0.1, 0.15) is 26.3 Å². The number of hydrogen-bond donors (Lipinski definition) is 2. The van der Waals surface area contributed by atoms with Crippen LogP contribution in [-0.2, 0) is 4.79 Å². The number of nitrogens with one attached hydrogen (secondary N) is 2. The summed E-state index contributed by atoms with van der Waals surface area (Å²) in [6.45, 7) is 6.68. The van der Waals surface area contributed by atoms with E-state index in [0.29, 0.717) is 17.6 Å². The predicted molar refractivity (Wildman–Crippen MR) is 123 cm³/mol. The summed E-state index contributed by atoms with van der Waals surface area (Å²) in [5.74, 6) is 0.694. The quantitative estimate of drug-likeness (QED) is 0.366. The number of hydrogen-bond acceptors (Lipinski definition) is 3. The lowest BCUT2D eigenvalue weighted by atomic mass is 9.93. The first-order valence-electron chi connectivity index (χ1n) is 9.63. The zero-order valence-corrected chi connectivity index (χ0v) is 19.0. The molecule has 1 aliphatic heterocycles. The molecule has 2 aromatic rings. The van der Waals surface area contributed by atoms with E-state index in [9.17, 15) is 9.18 Å². The van der Waals surface area contributed by atoms with Gasteiger partial charge in [0.15, 0.2) is 5.96 Å². The largest absolute Gasteiger partial charge is 0.357 e. The number of imidazole rings is 1. The predicted octanol–water partition coefficient (Wildman–Crippen LogP) is 3.13. The van der Waals surface area contributed by atoms with Crippen LogP contribution in [0.2, 0.25) is 0 Å². The number of rotatable bonds is 5. The summed E-state index contributed by atoms with van der Waals surface area (Å²) in [6.07, 6.45) is 6.68. The van der Waals surface area contributed by atoms with Gasteiger partial charge in [-0.15, -0.1) is 24.0 Å². The molecular weight excluding hydrogens is 486 g/mol. The van der Waals surface area contributed by atoms with Crippen LogP contribution in [0.15, 0.2) is 48.0 Å². The summed E-state index contributed by atoms with van der Waals surface area (Å²) in [5.41, 5.74) is 0.554. The highest BCUT2D eigenvalue weighted by molar-refractivity contribution is 14.0. The second kappa shape index (κ2) is 11.1. The number of carbonyl (C=O) groups excluding carboxylic acids is 1. The molecule has 1 fully saturated rings. The lowest BCUT2D eigenvalue weighted by molar-refractivity contribution is -0.114. The van der Waals surface area contributed by atoms with Gasteiger partial charge in [0, 0.05) is 37.7 Å². The molecule has 1 amide bonds. The first kappa shape index (κ1) is 23.1. The van der Waals surface area contributed by atoms with E-state index in [1.807, 2.05) is 19.4 Å². The standard InChI is InChI=1S/C20H27FN6O.HI/c1-3-23-20(24-12-19(28)25-17-6-4-16(21)5-7-17)26-10-8-15(2)18(13-26)27-11-9-22-14-27;/h4-7,9,11,14-15,18H,3,8,10,12-13H2,1-2H3,(H,23,24)(H,25,28);1H. The Labute approximate surface area is 187 Å². The third kappa shape index (κ3) is 6.41. The molecule has 1 aromatic carbocycles. The number of likely N-dealkylation sites (tertiary alicyclic amines) is 1. The van der Waals surface area contributed by atoms with E-state index < -0.39 is 0 Å². The van der Waals surface area contributed by atoms with Gasteiger partial charge in [-0.05, 0) is 43.5 Å². The van der Waals surface area contributed by atoms with Crippen molar-refractivity contribution in [3.63, 3.8) is 0 Å². The molecule has 2 heterocycles. The summed E-state index contributed by atoms with van der Waals surface area (Å²) < 4.78 is 15.1. The third-order valence-corrected chi connectivity index (χ3v) is 4.96. The average Bonchev–Trinajstić information content (AvgIpc) is 3.22. The summed E-state index contributed by atoms with van der Waals surface area (Å²) >= 11 is 0. The summed E-state index contributed by atoms with van der Waals surface area (Å²) in [4.78, 5) is 23.1. The van der Waals surface area contributed by atoms with Crippen molar-refractivity contribution in [2.24, 2.45) is 10.9 Å². The van der Waals surface area contributed by atoms with E-state index in [-0.39, 0.29) is 42.2 Å². The Morgan fingerprint density at radius 2 is 2.10 bits per heavy atom. The average molecular weight is 514 g/mol. The minimum absolute atomic E-state index is 0. The lowest BCUT2D eigenvalue weighted by Crippen LogP contribution is -2.49. The smallest absolute Gasteiger partial charge is 0.246 e. The van der Waals surface area contributed by atoms with Crippen LogP contribution in [-0.4, -0.2) is 52.5 Å². The molecule has 0 bridgehead atoms. The van der Waals surface area contributed by atoms with Gasteiger partial charge in [0.25, 0.3) is 0 Å². The minimum atomic E-state index is -0.336. The minimum Gasteiger partial charge on any atom is -0.357 e. The lowest BCUT2D eigenvalue weighted by Gasteiger charge is -2.39. The number of benzene rings is 1. The number of piperidine rings is 1. The molecule has 0 aliphatic carbocycles. The molecule has 0 saturated carbocycles.